The molecule has 0 saturated carbocycles. The Bertz CT molecular complexity index is 1360. The molecule has 1 saturated heterocycles. The van der Waals surface area contributed by atoms with Crippen LogP contribution in [0.15, 0.2) is 59.8 Å². The number of piperazine rings is 1. The Hall–Kier alpha value is -3.41. The number of benzene rings is 1. The van der Waals surface area contributed by atoms with Crippen LogP contribution < -0.4 is 19.7 Å². The lowest BCUT2D eigenvalue weighted by molar-refractivity contribution is 0.0951. The summed E-state index contributed by atoms with van der Waals surface area (Å²) in [6.07, 6.45) is 1.61. The molecule has 0 bridgehead atoms. The van der Waals surface area contributed by atoms with E-state index < -0.39 is 10.0 Å². The smallest absolute Gasteiger partial charge is 0.260 e. The molecule has 0 radical (unpaired) electrons. The van der Waals surface area contributed by atoms with Gasteiger partial charge in [-0.3, -0.25) is 4.79 Å². The Labute approximate surface area is 207 Å². The molecular formula is C23H22ClN5O5S. The normalized spacial score (nSPS) is 15.7. The third-order valence-electron chi connectivity index (χ3n) is 5.75. The molecule has 2 aliphatic heterocycles. The van der Waals surface area contributed by atoms with Crippen LogP contribution in [0, 0.1) is 0 Å². The number of hydrogen-bond acceptors (Lipinski definition) is 8. The number of pyridine rings is 2. The maximum atomic E-state index is 13.0. The topological polar surface area (TPSA) is 114 Å². The summed E-state index contributed by atoms with van der Waals surface area (Å²) in [5.41, 5.74) is 1.29. The molecule has 0 unspecified atom stereocenters. The van der Waals surface area contributed by atoms with Crippen LogP contribution in [-0.4, -0.2) is 61.6 Å². The fourth-order valence-corrected chi connectivity index (χ4v) is 5.55. The van der Waals surface area contributed by atoms with Gasteiger partial charge in [-0.15, -0.1) is 0 Å². The lowest BCUT2D eigenvalue weighted by atomic mass is 10.1. The number of aromatic nitrogens is 2. The molecule has 1 fully saturated rings. The maximum absolute atomic E-state index is 13.0. The molecular weight excluding hydrogens is 494 g/mol. The van der Waals surface area contributed by atoms with Crippen LogP contribution in [0.3, 0.4) is 0 Å². The first kappa shape index (κ1) is 23.3. The molecule has 0 aliphatic carbocycles. The highest BCUT2D eigenvalue weighted by atomic mass is 35.5. The number of hydrogen-bond donors (Lipinski definition) is 1. The second kappa shape index (κ2) is 9.68. The van der Waals surface area contributed by atoms with E-state index in [9.17, 15) is 13.2 Å². The average Bonchev–Trinajstić information content (AvgIpc) is 3.35. The molecule has 2 aromatic heterocycles. The fourth-order valence-electron chi connectivity index (χ4n) is 3.96. The van der Waals surface area contributed by atoms with Crippen molar-refractivity contribution in [2.24, 2.45) is 0 Å². The highest BCUT2D eigenvalue weighted by Crippen LogP contribution is 2.32. The largest absolute Gasteiger partial charge is 0.454 e. The number of anilines is 1. The van der Waals surface area contributed by atoms with Gasteiger partial charge in [0.1, 0.15) is 11.0 Å². The monoisotopic (exact) mass is 515 g/mol. The number of sulfonamides is 1. The van der Waals surface area contributed by atoms with Gasteiger partial charge in [0.05, 0.1) is 5.56 Å². The molecule has 35 heavy (non-hydrogen) atoms. The van der Waals surface area contributed by atoms with Gasteiger partial charge in [-0.25, -0.2) is 18.4 Å². The van der Waals surface area contributed by atoms with Crippen molar-refractivity contribution in [3.63, 3.8) is 0 Å². The number of ether oxygens (including phenoxy) is 2. The van der Waals surface area contributed by atoms with Crippen LogP contribution in [0.5, 0.6) is 11.5 Å². The van der Waals surface area contributed by atoms with E-state index in [0.29, 0.717) is 42.5 Å². The van der Waals surface area contributed by atoms with Crippen molar-refractivity contribution in [2.45, 2.75) is 11.6 Å². The number of fused-ring (bicyclic) bond motifs is 1. The van der Waals surface area contributed by atoms with Crippen molar-refractivity contribution >= 4 is 33.3 Å². The van der Waals surface area contributed by atoms with E-state index in [0.717, 1.165) is 5.56 Å². The second-order valence-corrected chi connectivity index (χ2v) is 10.2. The van der Waals surface area contributed by atoms with E-state index in [-0.39, 0.29) is 36.0 Å². The molecule has 10 nitrogen and oxygen atoms in total. The average molecular weight is 516 g/mol. The number of carbonyl (C=O) groups excluding carboxylic acids is 1. The Kier molecular flexibility index (Phi) is 6.46. The van der Waals surface area contributed by atoms with Crippen LogP contribution >= 0.6 is 11.6 Å². The predicted molar refractivity (Wildman–Crippen MR) is 128 cm³/mol. The number of amides is 1. The first-order valence-electron chi connectivity index (χ1n) is 10.9. The highest BCUT2D eigenvalue weighted by molar-refractivity contribution is 7.89. The Balaban J connectivity index is 1.25. The minimum atomic E-state index is -3.77. The van der Waals surface area contributed by atoms with Crippen molar-refractivity contribution in [2.75, 3.05) is 37.9 Å². The van der Waals surface area contributed by atoms with Gasteiger partial charge in [0.15, 0.2) is 16.5 Å². The van der Waals surface area contributed by atoms with Crippen molar-refractivity contribution in [1.29, 1.82) is 0 Å². The summed E-state index contributed by atoms with van der Waals surface area (Å²) >= 11 is 5.87. The molecule has 1 N–H and O–H groups in total. The third kappa shape index (κ3) is 4.88. The van der Waals surface area contributed by atoms with Gasteiger partial charge >= 0.3 is 0 Å². The summed E-state index contributed by atoms with van der Waals surface area (Å²) in [5.74, 6) is 1.57. The van der Waals surface area contributed by atoms with Gasteiger partial charge in [-0.05, 0) is 42.0 Å². The van der Waals surface area contributed by atoms with Crippen molar-refractivity contribution in [3.05, 3.63) is 71.0 Å². The van der Waals surface area contributed by atoms with Gasteiger partial charge in [0.2, 0.25) is 6.79 Å². The number of carbonyl (C=O) groups is 1. The van der Waals surface area contributed by atoms with Gasteiger partial charge in [0.25, 0.3) is 15.9 Å². The van der Waals surface area contributed by atoms with E-state index >= 15 is 0 Å². The SMILES string of the molecule is O=C(NCc1ccc2c(c1)OCO2)c1cccnc1N1CCN(S(=O)(=O)c2cccc(Cl)n2)CC1. The lowest BCUT2D eigenvalue weighted by Crippen LogP contribution is -2.49. The van der Waals surface area contributed by atoms with E-state index in [1.165, 1.54) is 16.4 Å². The first-order valence-corrected chi connectivity index (χ1v) is 12.7. The van der Waals surface area contributed by atoms with Crippen LogP contribution in [0.4, 0.5) is 5.82 Å². The maximum Gasteiger partial charge on any atom is 0.260 e. The number of halogens is 1. The number of nitrogens with one attached hydrogen (secondary N) is 1. The zero-order valence-corrected chi connectivity index (χ0v) is 20.1. The first-order chi connectivity index (χ1) is 16.9. The van der Waals surface area contributed by atoms with E-state index in [2.05, 4.69) is 15.3 Å². The standard InChI is InChI=1S/C23H22ClN5O5S/c24-20-4-1-5-21(27-20)35(31,32)29-11-9-28(10-12-29)22-17(3-2-8-25-22)23(30)26-14-16-6-7-18-19(13-16)34-15-33-18/h1-8,13H,9-12,14-15H2,(H,26,30). The summed E-state index contributed by atoms with van der Waals surface area (Å²) < 4.78 is 37.9. The molecule has 1 aromatic carbocycles. The molecule has 0 spiro atoms. The summed E-state index contributed by atoms with van der Waals surface area (Å²) in [6, 6.07) is 13.4. The minimum Gasteiger partial charge on any atom is -0.454 e. The zero-order chi connectivity index (χ0) is 24.4. The van der Waals surface area contributed by atoms with Gasteiger partial charge in [-0.1, -0.05) is 23.7 Å². The molecule has 3 aromatic rings. The molecule has 12 heteroatoms. The van der Waals surface area contributed by atoms with Crippen molar-refractivity contribution < 1.29 is 22.7 Å². The molecule has 2 aliphatic rings. The van der Waals surface area contributed by atoms with Gasteiger partial charge in [0, 0.05) is 38.9 Å². The van der Waals surface area contributed by atoms with Crippen molar-refractivity contribution in [1.82, 2.24) is 19.6 Å². The zero-order valence-electron chi connectivity index (χ0n) is 18.6. The number of nitrogens with zero attached hydrogens (tertiary/aromatic N) is 4. The lowest BCUT2D eigenvalue weighted by Gasteiger charge is -2.35. The van der Waals surface area contributed by atoms with E-state index in [1.54, 1.807) is 24.4 Å². The van der Waals surface area contributed by atoms with Gasteiger partial charge in [-0.2, -0.15) is 4.31 Å². The Morgan fingerprint density at radius 2 is 1.83 bits per heavy atom. The van der Waals surface area contributed by atoms with E-state index in [1.807, 2.05) is 23.1 Å². The Morgan fingerprint density at radius 3 is 2.63 bits per heavy atom. The summed E-state index contributed by atoms with van der Waals surface area (Å²) in [5, 5.41) is 2.95. The second-order valence-electron chi connectivity index (χ2n) is 7.93. The fraction of sp³-hybridized carbons (Fsp3) is 0.261. The van der Waals surface area contributed by atoms with Crippen LogP contribution in [-0.2, 0) is 16.6 Å². The molecule has 5 rings (SSSR count). The summed E-state index contributed by atoms with van der Waals surface area (Å²) in [6.45, 7) is 1.70. The van der Waals surface area contributed by atoms with E-state index in [4.69, 9.17) is 21.1 Å². The summed E-state index contributed by atoms with van der Waals surface area (Å²) in [7, 11) is -3.77. The van der Waals surface area contributed by atoms with Gasteiger partial charge < -0.3 is 19.7 Å². The summed E-state index contributed by atoms with van der Waals surface area (Å²) in [4.78, 5) is 23.3. The Morgan fingerprint density at radius 1 is 1.03 bits per heavy atom. The van der Waals surface area contributed by atoms with Crippen LogP contribution in [0.25, 0.3) is 0 Å². The van der Waals surface area contributed by atoms with Crippen LogP contribution in [0.2, 0.25) is 5.15 Å². The van der Waals surface area contributed by atoms with Crippen molar-refractivity contribution in [3.8, 4) is 11.5 Å². The minimum absolute atomic E-state index is 0.0835. The molecule has 0 atom stereocenters. The molecule has 182 valence electrons. The third-order valence-corrected chi connectivity index (χ3v) is 7.76. The molecule has 4 heterocycles. The molecule has 1 amide bonds. The predicted octanol–water partition coefficient (Wildman–Crippen LogP) is 2.30. The number of rotatable bonds is 6. The quantitative estimate of drug-likeness (QED) is 0.497. The highest BCUT2D eigenvalue weighted by Gasteiger charge is 2.31. The van der Waals surface area contributed by atoms with Crippen LogP contribution in [0.1, 0.15) is 15.9 Å².